The van der Waals surface area contributed by atoms with Crippen LogP contribution in [0, 0.1) is 0 Å². The first-order valence-corrected chi connectivity index (χ1v) is 10.4. The van der Waals surface area contributed by atoms with Gasteiger partial charge in [0.25, 0.3) is 0 Å². The summed E-state index contributed by atoms with van der Waals surface area (Å²) in [7, 11) is 0. The van der Waals surface area contributed by atoms with E-state index in [9.17, 15) is 9.90 Å². The molecule has 1 amide bonds. The number of nitrogens with zero attached hydrogens (tertiary/aromatic N) is 3. The van der Waals surface area contributed by atoms with Gasteiger partial charge in [-0.05, 0) is 42.8 Å². The monoisotopic (exact) mass is 395 g/mol. The molecule has 0 aliphatic carbocycles. The molecule has 29 heavy (non-hydrogen) atoms. The van der Waals surface area contributed by atoms with Crippen molar-refractivity contribution >= 4 is 17.3 Å². The van der Waals surface area contributed by atoms with Gasteiger partial charge in [0.15, 0.2) is 0 Å². The number of benzene rings is 2. The van der Waals surface area contributed by atoms with Crippen LogP contribution in [-0.4, -0.2) is 67.9 Å². The molecule has 2 heterocycles. The van der Waals surface area contributed by atoms with Gasteiger partial charge in [0, 0.05) is 57.1 Å². The Balaban J connectivity index is 1.19. The van der Waals surface area contributed by atoms with Crippen LogP contribution < -0.4 is 14.5 Å². The Morgan fingerprint density at radius 1 is 0.897 bits per heavy atom. The number of hydrogen-bond donors (Lipinski definition) is 1. The van der Waals surface area contributed by atoms with E-state index in [2.05, 4.69) is 34.1 Å². The smallest absolute Gasteiger partial charge is 0.227 e. The van der Waals surface area contributed by atoms with Crippen molar-refractivity contribution < 1.29 is 14.6 Å². The van der Waals surface area contributed by atoms with Crippen LogP contribution in [0.2, 0.25) is 0 Å². The van der Waals surface area contributed by atoms with E-state index in [-0.39, 0.29) is 12.5 Å². The number of amides is 1. The first kappa shape index (κ1) is 19.7. The zero-order valence-corrected chi connectivity index (χ0v) is 16.7. The highest BCUT2D eigenvalue weighted by atomic mass is 16.5. The van der Waals surface area contributed by atoms with Crippen LogP contribution >= 0.6 is 0 Å². The largest absolute Gasteiger partial charge is 0.491 e. The second kappa shape index (κ2) is 9.29. The molecule has 0 spiro atoms. The number of para-hydroxylation sites is 1. The van der Waals surface area contributed by atoms with Crippen LogP contribution in [0.25, 0.3) is 0 Å². The zero-order chi connectivity index (χ0) is 20.1. The number of carbonyl (C=O) groups excluding carboxylic acids is 1. The highest BCUT2D eigenvalue weighted by molar-refractivity contribution is 5.95. The summed E-state index contributed by atoms with van der Waals surface area (Å²) >= 11 is 0. The number of aliphatic hydroxyl groups is 1. The number of anilines is 2. The van der Waals surface area contributed by atoms with Gasteiger partial charge >= 0.3 is 0 Å². The third-order valence-corrected chi connectivity index (χ3v) is 5.63. The molecule has 1 unspecified atom stereocenters. The predicted octanol–water partition coefficient (Wildman–Crippen LogP) is 2.38. The maximum atomic E-state index is 11.8. The van der Waals surface area contributed by atoms with E-state index in [0.717, 1.165) is 44.8 Å². The molecule has 154 valence electrons. The molecule has 1 atom stereocenters. The second-order valence-corrected chi connectivity index (χ2v) is 7.73. The summed E-state index contributed by atoms with van der Waals surface area (Å²) in [5.41, 5.74) is 2.17. The van der Waals surface area contributed by atoms with Gasteiger partial charge in [-0.2, -0.15) is 0 Å². The van der Waals surface area contributed by atoms with Gasteiger partial charge in [0.1, 0.15) is 18.5 Å². The summed E-state index contributed by atoms with van der Waals surface area (Å²) in [6.45, 7) is 5.47. The fourth-order valence-electron chi connectivity index (χ4n) is 4.01. The molecule has 0 aromatic heterocycles. The number of β-amino-alcohol motifs (C(OH)–C–C–N with tert-alkyl or cyclic N) is 1. The Morgan fingerprint density at radius 2 is 1.62 bits per heavy atom. The van der Waals surface area contributed by atoms with Gasteiger partial charge in [0.2, 0.25) is 5.91 Å². The molecule has 2 aromatic rings. The van der Waals surface area contributed by atoms with E-state index in [4.69, 9.17) is 4.74 Å². The minimum atomic E-state index is -0.530. The topological polar surface area (TPSA) is 56.3 Å². The normalized spacial score (nSPS) is 18.9. The number of ether oxygens (including phenoxy) is 1. The van der Waals surface area contributed by atoms with Crippen molar-refractivity contribution in [2.24, 2.45) is 0 Å². The first-order chi connectivity index (χ1) is 14.2. The van der Waals surface area contributed by atoms with Crippen LogP contribution in [0.3, 0.4) is 0 Å². The fraction of sp³-hybridized carbons (Fsp3) is 0.435. The van der Waals surface area contributed by atoms with E-state index in [1.54, 1.807) is 0 Å². The average Bonchev–Trinajstić information content (AvgIpc) is 3.20. The molecule has 4 rings (SSSR count). The summed E-state index contributed by atoms with van der Waals surface area (Å²) < 4.78 is 5.75. The van der Waals surface area contributed by atoms with Gasteiger partial charge in [-0.15, -0.1) is 0 Å². The van der Waals surface area contributed by atoms with Crippen LogP contribution in [0.15, 0.2) is 54.6 Å². The lowest BCUT2D eigenvalue weighted by Gasteiger charge is -2.36. The van der Waals surface area contributed by atoms with Crippen molar-refractivity contribution in [1.29, 1.82) is 0 Å². The van der Waals surface area contributed by atoms with Crippen LogP contribution in [0.5, 0.6) is 5.75 Å². The Hall–Kier alpha value is -2.57. The number of rotatable bonds is 7. The summed E-state index contributed by atoms with van der Waals surface area (Å²) in [4.78, 5) is 18.3. The van der Waals surface area contributed by atoms with E-state index in [1.165, 1.54) is 5.69 Å². The minimum absolute atomic E-state index is 0.182. The zero-order valence-electron chi connectivity index (χ0n) is 16.7. The van der Waals surface area contributed by atoms with Crippen molar-refractivity contribution in [2.45, 2.75) is 18.9 Å². The van der Waals surface area contributed by atoms with Gasteiger partial charge in [0.05, 0.1) is 0 Å². The van der Waals surface area contributed by atoms with Crippen molar-refractivity contribution in [3.05, 3.63) is 54.6 Å². The number of carbonyl (C=O) groups is 1. The molecule has 6 heteroatoms. The third-order valence-electron chi connectivity index (χ3n) is 5.63. The molecule has 0 saturated carbocycles. The van der Waals surface area contributed by atoms with Crippen molar-refractivity contribution in [3.63, 3.8) is 0 Å². The standard InChI is InChI=1S/C23H29N3O3/c27-21(17-24-13-15-25(16-14-24)19-5-2-1-3-6-19)18-29-22-10-8-20(9-11-22)26-12-4-7-23(26)28/h1-3,5-6,8-11,21,27H,4,7,12-18H2. The molecule has 2 aliphatic rings. The van der Waals surface area contributed by atoms with Gasteiger partial charge in [-0.25, -0.2) is 0 Å². The molecule has 2 aliphatic heterocycles. The molecule has 1 N–H and O–H groups in total. The Labute approximate surface area is 172 Å². The van der Waals surface area contributed by atoms with Crippen molar-refractivity contribution in [1.82, 2.24) is 4.90 Å². The van der Waals surface area contributed by atoms with Crippen LogP contribution in [0.4, 0.5) is 11.4 Å². The van der Waals surface area contributed by atoms with Gasteiger partial charge in [-0.3, -0.25) is 9.69 Å². The van der Waals surface area contributed by atoms with E-state index >= 15 is 0 Å². The lowest BCUT2D eigenvalue weighted by atomic mass is 10.2. The molecular formula is C23H29N3O3. The quantitative estimate of drug-likeness (QED) is 0.780. The first-order valence-electron chi connectivity index (χ1n) is 10.4. The average molecular weight is 396 g/mol. The fourth-order valence-corrected chi connectivity index (χ4v) is 4.01. The Bertz CT molecular complexity index is 789. The van der Waals surface area contributed by atoms with Crippen molar-refractivity contribution in [3.8, 4) is 5.75 Å². The highest BCUT2D eigenvalue weighted by Crippen LogP contribution is 2.24. The summed E-state index contributed by atoms with van der Waals surface area (Å²) in [5, 5.41) is 10.4. The maximum absolute atomic E-state index is 11.8. The predicted molar refractivity (Wildman–Crippen MR) is 115 cm³/mol. The SMILES string of the molecule is O=C1CCCN1c1ccc(OCC(O)CN2CCN(c3ccccc3)CC2)cc1. The maximum Gasteiger partial charge on any atom is 0.227 e. The molecule has 0 radical (unpaired) electrons. The van der Waals surface area contributed by atoms with E-state index in [0.29, 0.717) is 18.7 Å². The summed E-state index contributed by atoms with van der Waals surface area (Å²) in [5.74, 6) is 0.898. The summed E-state index contributed by atoms with van der Waals surface area (Å²) in [6, 6.07) is 18.0. The number of piperazine rings is 1. The number of aliphatic hydroxyl groups excluding tert-OH is 1. The molecule has 2 aromatic carbocycles. The van der Waals surface area contributed by atoms with Crippen LogP contribution in [-0.2, 0) is 4.79 Å². The Kier molecular flexibility index (Phi) is 6.32. The molecule has 6 nitrogen and oxygen atoms in total. The van der Waals surface area contributed by atoms with Gasteiger partial charge < -0.3 is 19.6 Å². The van der Waals surface area contributed by atoms with Gasteiger partial charge in [-0.1, -0.05) is 18.2 Å². The molecule has 0 bridgehead atoms. The second-order valence-electron chi connectivity index (χ2n) is 7.73. The van der Waals surface area contributed by atoms with E-state index < -0.39 is 6.10 Å². The molecular weight excluding hydrogens is 366 g/mol. The summed E-state index contributed by atoms with van der Waals surface area (Å²) in [6.07, 6.45) is 1.02. The number of hydrogen-bond acceptors (Lipinski definition) is 5. The Morgan fingerprint density at radius 3 is 2.28 bits per heavy atom. The van der Waals surface area contributed by atoms with Crippen LogP contribution in [0.1, 0.15) is 12.8 Å². The van der Waals surface area contributed by atoms with E-state index in [1.807, 2.05) is 35.2 Å². The third kappa shape index (κ3) is 5.08. The molecule has 2 fully saturated rings. The highest BCUT2D eigenvalue weighted by Gasteiger charge is 2.22. The minimum Gasteiger partial charge on any atom is -0.491 e. The lowest BCUT2D eigenvalue weighted by Crippen LogP contribution is -2.49. The lowest BCUT2D eigenvalue weighted by molar-refractivity contribution is -0.117. The molecule has 2 saturated heterocycles. The van der Waals surface area contributed by atoms with Crippen molar-refractivity contribution in [2.75, 3.05) is 55.7 Å².